The molecule has 0 bridgehead atoms. The highest BCUT2D eigenvalue weighted by Crippen LogP contribution is 2.37. The molecule has 3 aromatic rings. The van der Waals surface area contributed by atoms with Gasteiger partial charge in [-0.15, -0.1) is 0 Å². The Bertz CT molecular complexity index is 973. The molecule has 1 aliphatic rings. The molecule has 1 heterocycles. The SMILES string of the molecule is COc1ccc(-c2cc(-c3ccc(OC)cc3)c3c([o+]2)CCCC3=O)cc1. The second-order valence-electron chi connectivity index (χ2n) is 6.56. The molecule has 2 aromatic carbocycles. The zero-order valence-electron chi connectivity index (χ0n) is 15.5. The van der Waals surface area contributed by atoms with Gasteiger partial charge in [0.15, 0.2) is 5.78 Å². The van der Waals surface area contributed by atoms with Crippen molar-refractivity contribution >= 4 is 5.78 Å². The van der Waals surface area contributed by atoms with Gasteiger partial charge in [-0.25, -0.2) is 4.42 Å². The lowest BCUT2D eigenvalue weighted by atomic mass is 9.88. The summed E-state index contributed by atoms with van der Waals surface area (Å²) in [7, 11) is 3.29. The number of carbonyl (C=O) groups is 1. The number of aryl methyl sites for hydroxylation is 1. The van der Waals surface area contributed by atoms with Gasteiger partial charge in [0.1, 0.15) is 17.1 Å². The number of carbonyl (C=O) groups excluding carboxylic acids is 1. The van der Waals surface area contributed by atoms with Gasteiger partial charge in [0.25, 0.3) is 0 Å². The number of hydrogen-bond acceptors (Lipinski definition) is 3. The van der Waals surface area contributed by atoms with Gasteiger partial charge in [-0.05, 0) is 48.4 Å². The van der Waals surface area contributed by atoms with Crippen molar-refractivity contribution in [2.45, 2.75) is 19.3 Å². The molecule has 4 heteroatoms. The first-order valence-corrected chi connectivity index (χ1v) is 9.01. The Kier molecular flexibility index (Phi) is 4.63. The molecule has 27 heavy (non-hydrogen) atoms. The van der Waals surface area contributed by atoms with E-state index < -0.39 is 0 Å². The van der Waals surface area contributed by atoms with Crippen molar-refractivity contribution in [1.82, 2.24) is 0 Å². The number of ketones is 1. The Hall–Kier alpha value is -3.14. The standard InChI is InChI=1S/C23H21O4/c1-25-17-10-6-15(7-11-17)19-14-22(16-8-12-18(26-2)13-9-16)27-21-5-3-4-20(24)23(19)21/h6-14H,3-5H2,1-2H3/q+1. The number of rotatable bonds is 4. The summed E-state index contributed by atoms with van der Waals surface area (Å²) in [5.41, 5.74) is 3.55. The fourth-order valence-corrected chi connectivity index (χ4v) is 3.48. The number of benzene rings is 2. The van der Waals surface area contributed by atoms with Gasteiger partial charge < -0.3 is 9.47 Å². The maximum atomic E-state index is 12.6. The number of ether oxygens (including phenoxy) is 2. The lowest BCUT2D eigenvalue weighted by Gasteiger charge is -2.13. The van der Waals surface area contributed by atoms with Crippen LogP contribution in [0.4, 0.5) is 0 Å². The van der Waals surface area contributed by atoms with Gasteiger partial charge in [0, 0.05) is 12.0 Å². The van der Waals surface area contributed by atoms with Crippen LogP contribution < -0.4 is 9.47 Å². The average Bonchev–Trinajstić information content (AvgIpc) is 2.73. The Morgan fingerprint density at radius 1 is 0.815 bits per heavy atom. The highest BCUT2D eigenvalue weighted by atomic mass is 16.5. The van der Waals surface area contributed by atoms with Crippen LogP contribution in [0, 0.1) is 0 Å². The summed E-state index contributed by atoms with van der Waals surface area (Å²) in [6.45, 7) is 0. The van der Waals surface area contributed by atoms with E-state index in [0.29, 0.717) is 12.0 Å². The normalized spacial score (nSPS) is 13.2. The van der Waals surface area contributed by atoms with E-state index in [1.165, 1.54) is 0 Å². The maximum absolute atomic E-state index is 12.6. The van der Waals surface area contributed by atoms with Crippen LogP contribution in [0.25, 0.3) is 22.5 Å². The molecule has 4 rings (SSSR count). The summed E-state index contributed by atoms with van der Waals surface area (Å²) in [4.78, 5) is 12.6. The van der Waals surface area contributed by atoms with Crippen molar-refractivity contribution in [2.24, 2.45) is 0 Å². The molecule has 0 saturated heterocycles. The third-order valence-corrected chi connectivity index (χ3v) is 4.92. The lowest BCUT2D eigenvalue weighted by molar-refractivity contribution is 0.0967. The van der Waals surface area contributed by atoms with Crippen molar-refractivity contribution in [3.05, 3.63) is 65.9 Å². The van der Waals surface area contributed by atoms with Gasteiger partial charge in [-0.2, -0.15) is 0 Å². The van der Waals surface area contributed by atoms with E-state index in [0.717, 1.165) is 52.6 Å². The quantitative estimate of drug-likeness (QED) is 0.581. The number of methoxy groups -OCH3 is 2. The van der Waals surface area contributed by atoms with Gasteiger partial charge in [0.2, 0.25) is 0 Å². The summed E-state index contributed by atoms with van der Waals surface area (Å²) >= 11 is 0. The molecular formula is C23H21O4+. The lowest BCUT2D eigenvalue weighted by Crippen LogP contribution is -2.12. The smallest absolute Gasteiger partial charge is 0.360 e. The van der Waals surface area contributed by atoms with E-state index in [1.54, 1.807) is 14.2 Å². The van der Waals surface area contributed by atoms with Crippen LogP contribution in [0.15, 0.2) is 59.0 Å². The second-order valence-corrected chi connectivity index (χ2v) is 6.56. The van der Waals surface area contributed by atoms with Crippen LogP contribution in [-0.4, -0.2) is 20.0 Å². The van der Waals surface area contributed by atoms with Crippen molar-refractivity contribution < 1.29 is 18.7 Å². The largest absolute Gasteiger partial charge is 0.497 e. The highest BCUT2D eigenvalue weighted by Gasteiger charge is 2.32. The number of fused-ring (bicyclic) bond motifs is 1. The van der Waals surface area contributed by atoms with Gasteiger partial charge >= 0.3 is 11.5 Å². The van der Waals surface area contributed by atoms with Crippen LogP contribution in [0.5, 0.6) is 11.5 Å². The van der Waals surface area contributed by atoms with E-state index in [1.807, 2.05) is 54.6 Å². The zero-order valence-corrected chi connectivity index (χ0v) is 15.5. The minimum Gasteiger partial charge on any atom is -0.497 e. The van der Waals surface area contributed by atoms with E-state index >= 15 is 0 Å². The Morgan fingerprint density at radius 3 is 2.00 bits per heavy atom. The molecular weight excluding hydrogens is 340 g/mol. The summed E-state index contributed by atoms with van der Waals surface area (Å²) in [6, 6.07) is 17.5. The topological polar surface area (TPSA) is 46.8 Å². The fraction of sp³-hybridized carbons (Fsp3) is 0.217. The van der Waals surface area contributed by atoms with Crippen LogP contribution in [0.2, 0.25) is 0 Å². The summed E-state index contributed by atoms with van der Waals surface area (Å²) in [5, 5.41) is 0. The molecule has 0 atom stereocenters. The van der Waals surface area contributed by atoms with Crippen LogP contribution >= 0.6 is 0 Å². The molecule has 0 aliphatic heterocycles. The summed E-state index contributed by atoms with van der Waals surface area (Å²) in [5.74, 6) is 3.24. The Balaban J connectivity index is 1.87. The molecule has 0 N–H and O–H groups in total. The van der Waals surface area contributed by atoms with Gasteiger partial charge in [-0.3, -0.25) is 4.79 Å². The molecule has 136 valence electrons. The monoisotopic (exact) mass is 361 g/mol. The molecule has 0 fully saturated rings. The molecule has 0 radical (unpaired) electrons. The van der Waals surface area contributed by atoms with Crippen LogP contribution in [0.3, 0.4) is 0 Å². The summed E-state index contributed by atoms with van der Waals surface area (Å²) in [6.07, 6.45) is 2.16. The minimum atomic E-state index is 0.145. The van der Waals surface area contributed by atoms with E-state index in [9.17, 15) is 4.79 Å². The first kappa shape index (κ1) is 17.3. The molecule has 0 spiro atoms. The average molecular weight is 361 g/mol. The van der Waals surface area contributed by atoms with Crippen molar-refractivity contribution in [3.8, 4) is 33.9 Å². The predicted octanol–water partition coefficient (Wildman–Crippen LogP) is 5.43. The Morgan fingerprint density at radius 2 is 1.41 bits per heavy atom. The van der Waals surface area contributed by atoms with Crippen molar-refractivity contribution in [2.75, 3.05) is 14.2 Å². The number of hydrogen-bond donors (Lipinski definition) is 0. The first-order valence-electron chi connectivity index (χ1n) is 9.01. The molecule has 0 unspecified atom stereocenters. The molecule has 0 saturated carbocycles. The third kappa shape index (κ3) is 3.31. The van der Waals surface area contributed by atoms with Crippen molar-refractivity contribution in [1.29, 1.82) is 0 Å². The Labute approximate surface area is 158 Å². The fourth-order valence-electron chi connectivity index (χ4n) is 3.48. The second kappa shape index (κ2) is 7.23. The maximum Gasteiger partial charge on any atom is 0.360 e. The molecule has 1 aromatic heterocycles. The summed E-state index contributed by atoms with van der Waals surface area (Å²) < 4.78 is 16.6. The van der Waals surface area contributed by atoms with Crippen molar-refractivity contribution in [3.63, 3.8) is 0 Å². The first-order chi connectivity index (χ1) is 13.2. The predicted molar refractivity (Wildman–Crippen MR) is 104 cm³/mol. The van der Waals surface area contributed by atoms with E-state index in [2.05, 4.69) is 0 Å². The van der Waals surface area contributed by atoms with E-state index in [-0.39, 0.29) is 5.78 Å². The molecule has 0 amide bonds. The van der Waals surface area contributed by atoms with E-state index in [4.69, 9.17) is 13.9 Å². The molecule has 4 nitrogen and oxygen atoms in total. The van der Waals surface area contributed by atoms with Crippen LogP contribution in [-0.2, 0) is 6.42 Å². The highest BCUT2D eigenvalue weighted by molar-refractivity contribution is 6.04. The zero-order chi connectivity index (χ0) is 18.8. The van der Waals surface area contributed by atoms with Gasteiger partial charge in [-0.1, -0.05) is 12.1 Å². The van der Waals surface area contributed by atoms with Crippen LogP contribution in [0.1, 0.15) is 29.0 Å². The number of Topliss-reactive ketones (excluding diaryl/α,β-unsaturated/α-hetero) is 1. The van der Waals surface area contributed by atoms with Gasteiger partial charge in [0.05, 0.1) is 32.3 Å². The molecule has 1 aliphatic carbocycles. The minimum absolute atomic E-state index is 0.145. The third-order valence-electron chi connectivity index (χ3n) is 4.92.